The molecular formula is C11H14Cl2N2O. The minimum absolute atomic E-state index is 0.0751. The van der Waals surface area contributed by atoms with E-state index in [0.29, 0.717) is 15.7 Å². The van der Waals surface area contributed by atoms with Crippen molar-refractivity contribution in [2.75, 3.05) is 5.32 Å². The summed E-state index contributed by atoms with van der Waals surface area (Å²) < 4.78 is 0. The van der Waals surface area contributed by atoms with Crippen molar-refractivity contribution in [1.82, 2.24) is 0 Å². The average Bonchev–Trinajstić information content (AvgIpc) is 2.20. The highest BCUT2D eigenvalue weighted by Gasteiger charge is 2.17. The first-order chi connectivity index (χ1) is 7.41. The van der Waals surface area contributed by atoms with E-state index < -0.39 is 6.04 Å². The van der Waals surface area contributed by atoms with Crippen LogP contribution in [0.1, 0.15) is 13.8 Å². The van der Waals surface area contributed by atoms with E-state index >= 15 is 0 Å². The van der Waals surface area contributed by atoms with Crippen LogP contribution in [-0.4, -0.2) is 11.9 Å². The van der Waals surface area contributed by atoms with Crippen LogP contribution in [0.5, 0.6) is 0 Å². The van der Waals surface area contributed by atoms with Gasteiger partial charge in [-0.25, -0.2) is 0 Å². The molecule has 0 spiro atoms. The number of halogens is 2. The third-order valence-corrected chi connectivity index (χ3v) is 2.76. The lowest BCUT2D eigenvalue weighted by molar-refractivity contribution is -0.118. The Hall–Kier alpha value is -0.770. The molecule has 0 aromatic heterocycles. The summed E-state index contributed by atoms with van der Waals surface area (Å²) in [6, 6.07) is 4.32. The van der Waals surface area contributed by atoms with E-state index in [1.54, 1.807) is 18.2 Å². The van der Waals surface area contributed by atoms with Crippen LogP contribution in [0.2, 0.25) is 10.0 Å². The zero-order valence-electron chi connectivity index (χ0n) is 9.13. The van der Waals surface area contributed by atoms with Gasteiger partial charge < -0.3 is 11.1 Å². The molecule has 0 fully saturated rings. The molecule has 3 N–H and O–H groups in total. The molecule has 88 valence electrons. The molecule has 1 atom stereocenters. The van der Waals surface area contributed by atoms with Gasteiger partial charge in [0.25, 0.3) is 0 Å². The quantitative estimate of drug-likeness (QED) is 0.878. The minimum atomic E-state index is -0.549. The van der Waals surface area contributed by atoms with Gasteiger partial charge in [0.15, 0.2) is 0 Å². The van der Waals surface area contributed by atoms with Gasteiger partial charge in [-0.2, -0.15) is 0 Å². The summed E-state index contributed by atoms with van der Waals surface area (Å²) >= 11 is 11.7. The smallest absolute Gasteiger partial charge is 0.241 e. The van der Waals surface area contributed by atoms with Crippen LogP contribution in [0.25, 0.3) is 0 Å². The molecule has 1 rings (SSSR count). The highest BCUT2D eigenvalue weighted by molar-refractivity contribution is 6.36. The monoisotopic (exact) mass is 260 g/mol. The van der Waals surface area contributed by atoms with Crippen LogP contribution in [-0.2, 0) is 4.79 Å². The zero-order valence-corrected chi connectivity index (χ0v) is 10.6. The molecule has 1 aromatic rings. The Morgan fingerprint density at radius 1 is 1.38 bits per heavy atom. The lowest BCUT2D eigenvalue weighted by atomic mass is 10.1. The van der Waals surface area contributed by atoms with Crippen LogP contribution in [0, 0.1) is 5.92 Å². The topological polar surface area (TPSA) is 55.1 Å². The van der Waals surface area contributed by atoms with E-state index in [1.807, 2.05) is 13.8 Å². The maximum atomic E-state index is 11.7. The summed E-state index contributed by atoms with van der Waals surface area (Å²) in [6.45, 7) is 3.77. The van der Waals surface area contributed by atoms with Crippen LogP contribution in [0.4, 0.5) is 5.69 Å². The van der Waals surface area contributed by atoms with E-state index in [1.165, 1.54) is 0 Å². The van der Waals surface area contributed by atoms with Crippen molar-refractivity contribution in [2.24, 2.45) is 11.7 Å². The van der Waals surface area contributed by atoms with Crippen molar-refractivity contribution < 1.29 is 4.79 Å². The molecule has 1 aromatic carbocycles. The summed E-state index contributed by atoms with van der Waals surface area (Å²) in [4.78, 5) is 11.7. The molecule has 0 aliphatic heterocycles. The van der Waals surface area contributed by atoms with Gasteiger partial charge in [0.1, 0.15) is 0 Å². The molecule has 0 saturated heterocycles. The highest BCUT2D eigenvalue weighted by atomic mass is 35.5. The first kappa shape index (κ1) is 13.3. The number of nitrogens with one attached hydrogen (secondary N) is 1. The van der Waals surface area contributed by atoms with Crippen LogP contribution in [0.3, 0.4) is 0 Å². The molecule has 0 aliphatic rings. The Kier molecular flexibility index (Phi) is 4.59. The third kappa shape index (κ3) is 3.37. The van der Waals surface area contributed by atoms with E-state index in [9.17, 15) is 4.79 Å². The van der Waals surface area contributed by atoms with Gasteiger partial charge in [-0.15, -0.1) is 0 Å². The number of hydrogen-bond donors (Lipinski definition) is 2. The molecule has 0 radical (unpaired) electrons. The number of carbonyl (C=O) groups excluding carboxylic acids is 1. The maximum Gasteiger partial charge on any atom is 0.241 e. The number of rotatable bonds is 3. The number of nitrogens with two attached hydrogens (primary N) is 1. The average molecular weight is 261 g/mol. The van der Waals surface area contributed by atoms with Crippen molar-refractivity contribution in [3.63, 3.8) is 0 Å². The molecule has 16 heavy (non-hydrogen) atoms. The van der Waals surface area contributed by atoms with Gasteiger partial charge >= 0.3 is 0 Å². The number of hydrogen-bond acceptors (Lipinski definition) is 2. The van der Waals surface area contributed by atoms with Gasteiger partial charge in [0.2, 0.25) is 5.91 Å². The third-order valence-electron chi connectivity index (χ3n) is 2.21. The summed E-state index contributed by atoms with van der Waals surface area (Å²) in [5.74, 6) is -0.176. The van der Waals surface area contributed by atoms with Crippen molar-refractivity contribution >= 4 is 34.8 Å². The lowest BCUT2D eigenvalue weighted by Crippen LogP contribution is -2.39. The van der Waals surface area contributed by atoms with Crippen molar-refractivity contribution in [1.29, 1.82) is 0 Å². The van der Waals surface area contributed by atoms with Crippen molar-refractivity contribution in [3.8, 4) is 0 Å². The number of benzene rings is 1. The largest absolute Gasteiger partial charge is 0.323 e. The van der Waals surface area contributed by atoms with E-state index in [-0.39, 0.29) is 11.8 Å². The fourth-order valence-corrected chi connectivity index (χ4v) is 1.57. The normalized spacial score (nSPS) is 12.6. The Balaban J connectivity index is 2.77. The molecule has 0 aliphatic carbocycles. The second-order valence-electron chi connectivity index (χ2n) is 3.88. The zero-order chi connectivity index (χ0) is 12.3. The first-order valence-electron chi connectivity index (χ1n) is 4.93. The molecule has 3 nitrogen and oxygen atoms in total. The predicted molar refractivity (Wildman–Crippen MR) is 67.9 cm³/mol. The number of anilines is 1. The Morgan fingerprint density at radius 3 is 2.50 bits per heavy atom. The molecule has 0 unspecified atom stereocenters. The van der Waals surface area contributed by atoms with Crippen LogP contribution in [0.15, 0.2) is 18.2 Å². The first-order valence-corrected chi connectivity index (χ1v) is 5.69. The van der Waals surface area contributed by atoms with E-state index in [4.69, 9.17) is 28.9 Å². The molecule has 0 heterocycles. The van der Waals surface area contributed by atoms with Gasteiger partial charge in [-0.3, -0.25) is 4.79 Å². The summed E-state index contributed by atoms with van der Waals surface area (Å²) in [5.41, 5.74) is 6.23. The lowest BCUT2D eigenvalue weighted by Gasteiger charge is -2.15. The standard InChI is InChI=1S/C11H14Cl2N2O/c1-6(2)10(14)11(16)15-9-4-3-7(12)5-8(9)13/h3-6,10H,14H2,1-2H3,(H,15,16)/t10-/m0/s1. The number of amides is 1. The Bertz CT molecular complexity index is 394. The number of carbonyl (C=O) groups is 1. The summed E-state index contributed by atoms with van der Waals surface area (Å²) in [5, 5.41) is 3.59. The molecule has 5 heteroatoms. The minimum Gasteiger partial charge on any atom is -0.323 e. The van der Waals surface area contributed by atoms with Gasteiger partial charge in [-0.1, -0.05) is 37.0 Å². The SMILES string of the molecule is CC(C)[C@H](N)C(=O)Nc1ccc(Cl)cc1Cl. The Labute approximate surface area is 105 Å². The van der Waals surface area contributed by atoms with Crippen LogP contribution >= 0.6 is 23.2 Å². The predicted octanol–water partition coefficient (Wildman–Crippen LogP) is 2.92. The fourth-order valence-electron chi connectivity index (χ4n) is 1.11. The molecule has 0 bridgehead atoms. The van der Waals surface area contributed by atoms with Gasteiger partial charge in [0, 0.05) is 5.02 Å². The molecular weight excluding hydrogens is 247 g/mol. The van der Waals surface area contributed by atoms with E-state index in [0.717, 1.165) is 0 Å². The van der Waals surface area contributed by atoms with Crippen LogP contribution < -0.4 is 11.1 Å². The summed E-state index contributed by atoms with van der Waals surface area (Å²) in [7, 11) is 0. The molecule has 1 amide bonds. The van der Waals surface area contributed by atoms with Gasteiger partial charge in [-0.05, 0) is 24.1 Å². The molecule has 0 saturated carbocycles. The summed E-state index contributed by atoms with van der Waals surface area (Å²) in [6.07, 6.45) is 0. The van der Waals surface area contributed by atoms with Gasteiger partial charge in [0.05, 0.1) is 16.8 Å². The van der Waals surface area contributed by atoms with E-state index in [2.05, 4.69) is 5.32 Å². The van der Waals surface area contributed by atoms with Crippen molar-refractivity contribution in [3.05, 3.63) is 28.2 Å². The maximum absolute atomic E-state index is 11.7. The van der Waals surface area contributed by atoms with Crippen molar-refractivity contribution in [2.45, 2.75) is 19.9 Å². The second-order valence-corrected chi connectivity index (χ2v) is 4.73. The Morgan fingerprint density at radius 2 is 2.00 bits per heavy atom. The fraction of sp³-hybridized carbons (Fsp3) is 0.364. The second kappa shape index (κ2) is 5.53. The highest BCUT2D eigenvalue weighted by Crippen LogP contribution is 2.25.